The summed E-state index contributed by atoms with van der Waals surface area (Å²) >= 11 is 0. The van der Waals surface area contributed by atoms with Gasteiger partial charge in [0.05, 0.1) is 44.3 Å². The second-order valence-corrected chi connectivity index (χ2v) is 18.4. The summed E-state index contributed by atoms with van der Waals surface area (Å²) in [6, 6.07) is 81.7. The van der Waals surface area contributed by atoms with Crippen molar-refractivity contribution in [2.24, 2.45) is 0 Å². The Morgan fingerprint density at radius 1 is 0.246 bits per heavy atom. The Hall–Kier alpha value is -9.32. The molecule has 0 fully saturated rings. The van der Waals surface area contributed by atoms with Gasteiger partial charge < -0.3 is 9.13 Å². The number of benzene rings is 12. The van der Waals surface area contributed by atoms with Crippen LogP contribution in [-0.2, 0) is 0 Å². The molecule has 0 radical (unpaired) electrons. The van der Waals surface area contributed by atoms with Gasteiger partial charge in [-0.1, -0.05) is 152 Å². The average molecular weight is 876 g/mol. The predicted molar refractivity (Wildman–Crippen MR) is 289 cm³/mol. The summed E-state index contributed by atoms with van der Waals surface area (Å²) in [4.78, 5) is 11.1. The minimum Gasteiger partial charge on any atom is -0.309 e. The van der Waals surface area contributed by atoms with Crippen molar-refractivity contribution in [3.8, 4) is 28.6 Å². The maximum atomic E-state index is 5.66. The first-order valence-electron chi connectivity index (χ1n) is 23.7. The van der Waals surface area contributed by atoms with Gasteiger partial charge in [0, 0.05) is 54.6 Å². The van der Waals surface area contributed by atoms with Crippen molar-refractivity contribution in [1.29, 1.82) is 0 Å². The smallest absolute Gasteiger partial charge is 0.235 e. The first-order chi connectivity index (χ1) is 34.3. The number of nitrogens with zero attached hydrogens (tertiary/aromatic N) is 5. The Morgan fingerprint density at radius 3 is 1.32 bits per heavy atom. The topological polar surface area (TPSA) is 40.6 Å². The predicted octanol–water partition coefficient (Wildman–Crippen LogP) is 16.6. The molecule has 16 aromatic rings. The number of aromatic nitrogens is 5. The zero-order valence-corrected chi connectivity index (χ0v) is 37.1. The molecule has 0 saturated carbocycles. The highest BCUT2D eigenvalue weighted by atomic mass is 15.2. The summed E-state index contributed by atoms with van der Waals surface area (Å²) in [7, 11) is 0. The van der Waals surface area contributed by atoms with Crippen LogP contribution >= 0.6 is 0 Å². The molecule has 4 aromatic heterocycles. The zero-order valence-electron chi connectivity index (χ0n) is 37.1. The summed E-state index contributed by atoms with van der Waals surface area (Å²) in [6.07, 6.45) is 0. The fourth-order valence-electron chi connectivity index (χ4n) is 12.2. The Morgan fingerprint density at radius 2 is 0.696 bits per heavy atom. The monoisotopic (exact) mass is 875 g/mol. The summed E-state index contributed by atoms with van der Waals surface area (Å²) in [5.41, 5.74) is 12.0. The molecule has 0 aliphatic carbocycles. The molecule has 69 heavy (non-hydrogen) atoms. The summed E-state index contributed by atoms with van der Waals surface area (Å²) in [6.45, 7) is 0. The molecule has 318 valence electrons. The number of para-hydroxylation sites is 6. The molecule has 0 atom stereocenters. The van der Waals surface area contributed by atoms with Crippen molar-refractivity contribution in [1.82, 2.24) is 23.7 Å². The van der Waals surface area contributed by atoms with Crippen molar-refractivity contribution < 1.29 is 0 Å². The lowest BCUT2D eigenvalue weighted by atomic mass is 9.87. The number of fused-ring (bicyclic) bond motifs is 14. The van der Waals surface area contributed by atoms with E-state index in [0.717, 1.165) is 50.1 Å². The van der Waals surface area contributed by atoms with Gasteiger partial charge >= 0.3 is 0 Å². The summed E-state index contributed by atoms with van der Waals surface area (Å²) in [5.74, 6) is 0.644. The van der Waals surface area contributed by atoms with Gasteiger partial charge in [-0.15, -0.1) is 0 Å². The maximum absolute atomic E-state index is 5.66. The standard InChI is InChI=1S/C64H37N5/c1-3-17-39(18-4-1)67-53-30-12-8-21-41(53)49-35-38(33-34-56(49)67)63-44-22-7-11-29-52(44)65-64(66-63)69-55-32-14-10-24-46(55)62-48-28-16-26-43-42-25-15-27-47-59(42)50(51(60(43)48)37-58(62)69)36-57-61(47)45-23-9-13-31-54(45)68(57)40-19-5-2-6-20-40/h1-37H. The van der Waals surface area contributed by atoms with Gasteiger partial charge in [-0.2, -0.15) is 0 Å². The van der Waals surface area contributed by atoms with E-state index in [1.807, 2.05) is 0 Å². The second kappa shape index (κ2) is 13.6. The zero-order chi connectivity index (χ0) is 44.9. The molecule has 12 aromatic carbocycles. The van der Waals surface area contributed by atoms with E-state index < -0.39 is 0 Å². The highest BCUT2D eigenvalue weighted by Gasteiger charge is 2.25. The highest BCUT2D eigenvalue weighted by Crippen LogP contribution is 2.49. The molecule has 0 bridgehead atoms. The lowest BCUT2D eigenvalue weighted by Crippen LogP contribution is -2.03. The molecule has 4 heterocycles. The van der Waals surface area contributed by atoms with E-state index >= 15 is 0 Å². The first-order valence-corrected chi connectivity index (χ1v) is 23.7. The molecule has 0 saturated heterocycles. The van der Waals surface area contributed by atoms with E-state index in [1.165, 1.54) is 92.0 Å². The average Bonchev–Trinajstić information content (AvgIpc) is 4.06. The lowest BCUT2D eigenvalue weighted by Gasteiger charge is -2.17. The highest BCUT2D eigenvalue weighted by molar-refractivity contribution is 6.41. The summed E-state index contributed by atoms with van der Waals surface area (Å²) < 4.78 is 7.13. The van der Waals surface area contributed by atoms with Crippen molar-refractivity contribution in [3.63, 3.8) is 0 Å². The van der Waals surface area contributed by atoms with Crippen LogP contribution in [-0.4, -0.2) is 23.7 Å². The number of hydrogen-bond donors (Lipinski definition) is 0. The quantitative estimate of drug-likeness (QED) is 0.131. The van der Waals surface area contributed by atoms with Gasteiger partial charge in [0.1, 0.15) is 0 Å². The summed E-state index contributed by atoms with van der Waals surface area (Å²) in [5, 5.41) is 18.4. The number of hydrogen-bond acceptors (Lipinski definition) is 2. The molecule has 0 amide bonds. The SMILES string of the molecule is c1ccc(-n2c3ccccc3c3cc(-c4nc(-n5c6ccccc6c6c7cccc8c9cccc%10c9c(cc9c%10c%10ccccc%10n9-c9ccccc9)c(cc65)c87)nc5ccccc45)ccc32)cc1. The van der Waals surface area contributed by atoms with Crippen molar-refractivity contribution in [2.75, 3.05) is 0 Å². The Labute approximate surface area is 394 Å². The minimum atomic E-state index is 0.644. The molecular weight excluding hydrogens is 839 g/mol. The van der Waals surface area contributed by atoms with E-state index in [-0.39, 0.29) is 0 Å². The van der Waals surface area contributed by atoms with E-state index in [9.17, 15) is 0 Å². The van der Waals surface area contributed by atoms with Crippen LogP contribution in [0, 0.1) is 0 Å². The van der Waals surface area contributed by atoms with Crippen LogP contribution < -0.4 is 0 Å². The van der Waals surface area contributed by atoms with Gasteiger partial charge in [0.15, 0.2) is 0 Å². The molecule has 5 heteroatoms. The van der Waals surface area contributed by atoms with E-state index in [4.69, 9.17) is 9.97 Å². The molecule has 0 unspecified atom stereocenters. The van der Waals surface area contributed by atoms with Crippen LogP contribution in [0.5, 0.6) is 0 Å². The number of rotatable bonds is 4. The Balaban J connectivity index is 1.02. The fourth-order valence-corrected chi connectivity index (χ4v) is 12.2. The molecular formula is C64H37N5. The normalized spacial score (nSPS) is 12.3. The van der Waals surface area contributed by atoms with E-state index in [2.05, 4.69) is 238 Å². The molecule has 0 aliphatic rings. The molecule has 5 nitrogen and oxygen atoms in total. The lowest BCUT2D eigenvalue weighted by molar-refractivity contribution is 1.01. The largest absolute Gasteiger partial charge is 0.309 e. The molecule has 0 aliphatic heterocycles. The van der Waals surface area contributed by atoms with E-state index in [1.54, 1.807) is 0 Å². The van der Waals surface area contributed by atoms with Crippen LogP contribution in [0.1, 0.15) is 0 Å². The van der Waals surface area contributed by atoms with Crippen LogP contribution in [0.25, 0.3) is 148 Å². The van der Waals surface area contributed by atoms with Crippen LogP contribution in [0.2, 0.25) is 0 Å². The van der Waals surface area contributed by atoms with E-state index in [0.29, 0.717) is 5.95 Å². The first kappa shape index (κ1) is 36.8. The van der Waals surface area contributed by atoms with Gasteiger partial charge in [-0.3, -0.25) is 4.57 Å². The van der Waals surface area contributed by atoms with Crippen LogP contribution in [0.4, 0.5) is 0 Å². The van der Waals surface area contributed by atoms with Gasteiger partial charge in [0.25, 0.3) is 0 Å². The van der Waals surface area contributed by atoms with Crippen molar-refractivity contribution in [3.05, 3.63) is 224 Å². The third-order valence-electron chi connectivity index (χ3n) is 14.9. The molecule has 16 rings (SSSR count). The van der Waals surface area contributed by atoms with Crippen molar-refractivity contribution >= 4 is 119 Å². The molecule has 0 spiro atoms. The fraction of sp³-hybridized carbons (Fsp3) is 0. The van der Waals surface area contributed by atoms with Gasteiger partial charge in [-0.25, -0.2) is 9.97 Å². The van der Waals surface area contributed by atoms with Crippen LogP contribution in [0.3, 0.4) is 0 Å². The maximum Gasteiger partial charge on any atom is 0.235 e. The van der Waals surface area contributed by atoms with Gasteiger partial charge in [-0.05, 0) is 116 Å². The minimum absolute atomic E-state index is 0.644. The van der Waals surface area contributed by atoms with Crippen LogP contribution in [0.15, 0.2) is 224 Å². The Kier molecular flexibility index (Phi) is 7.28. The van der Waals surface area contributed by atoms with Crippen molar-refractivity contribution in [2.45, 2.75) is 0 Å². The third-order valence-corrected chi connectivity index (χ3v) is 14.9. The Bertz CT molecular complexity index is 4830. The second-order valence-electron chi connectivity index (χ2n) is 18.4. The molecule has 0 N–H and O–H groups in total. The third kappa shape index (κ3) is 4.92. The van der Waals surface area contributed by atoms with Gasteiger partial charge in [0.2, 0.25) is 5.95 Å².